The fourth-order valence-corrected chi connectivity index (χ4v) is 4.95. The van der Waals surface area contributed by atoms with Gasteiger partial charge in [-0.05, 0) is 25.8 Å². The highest BCUT2D eigenvalue weighted by Gasteiger charge is 2.61. The highest BCUT2D eigenvalue weighted by Crippen LogP contribution is 2.51. The lowest BCUT2D eigenvalue weighted by Crippen LogP contribution is -2.69. The summed E-state index contributed by atoms with van der Waals surface area (Å²) in [4.78, 5) is 17.5. The summed E-state index contributed by atoms with van der Waals surface area (Å²) < 4.78 is 11.0. The Kier molecular flexibility index (Phi) is 9.45. The van der Waals surface area contributed by atoms with Crippen molar-refractivity contribution in [1.82, 2.24) is 9.80 Å². The first-order valence-electron chi connectivity index (χ1n) is 9.71. The van der Waals surface area contributed by atoms with Crippen molar-refractivity contribution in [2.24, 2.45) is 5.41 Å². The van der Waals surface area contributed by atoms with Gasteiger partial charge in [-0.2, -0.15) is 0 Å². The van der Waals surface area contributed by atoms with Crippen molar-refractivity contribution in [3.05, 3.63) is 23.3 Å². The van der Waals surface area contributed by atoms with Crippen molar-refractivity contribution < 1.29 is 19.4 Å². The van der Waals surface area contributed by atoms with E-state index >= 15 is 0 Å². The van der Waals surface area contributed by atoms with Gasteiger partial charge in [0.1, 0.15) is 5.41 Å². The van der Waals surface area contributed by atoms with Gasteiger partial charge in [-0.25, -0.2) is 0 Å². The van der Waals surface area contributed by atoms with Crippen molar-refractivity contribution in [2.45, 2.75) is 32.7 Å². The molecule has 0 radical (unpaired) electrons. The van der Waals surface area contributed by atoms with E-state index in [0.717, 1.165) is 38.2 Å². The van der Waals surface area contributed by atoms with Gasteiger partial charge in [-0.3, -0.25) is 14.6 Å². The molecule has 162 valence electrons. The average Bonchev–Trinajstić information content (AvgIpc) is 2.66. The Morgan fingerprint density at radius 1 is 1.07 bits per heavy atom. The lowest BCUT2D eigenvalue weighted by atomic mass is 9.58. The molecule has 0 aromatic rings. The number of hydrogen-bond acceptors (Lipinski definition) is 5. The number of carbonyl (C=O) groups is 1. The van der Waals surface area contributed by atoms with Crippen molar-refractivity contribution in [2.75, 3.05) is 59.2 Å². The van der Waals surface area contributed by atoms with Gasteiger partial charge in [0, 0.05) is 32.7 Å². The van der Waals surface area contributed by atoms with Crippen LogP contribution in [0.4, 0.5) is 0 Å². The molecule has 3 aliphatic rings. The first kappa shape index (κ1) is 25.4. The van der Waals surface area contributed by atoms with Gasteiger partial charge in [0.25, 0.3) is 0 Å². The van der Waals surface area contributed by atoms with E-state index in [1.807, 2.05) is 13.0 Å². The molecule has 1 aliphatic carbocycles. The Labute approximate surface area is 180 Å². The van der Waals surface area contributed by atoms with E-state index in [4.69, 9.17) is 9.47 Å². The maximum absolute atomic E-state index is 12.9. The van der Waals surface area contributed by atoms with E-state index < -0.39 is 16.9 Å². The normalized spacial score (nSPS) is 31.8. The summed E-state index contributed by atoms with van der Waals surface area (Å²) in [5.74, 6) is -0.731. The molecular formula is C20H34Cl2N2O4. The monoisotopic (exact) mass is 436 g/mol. The van der Waals surface area contributed by atoms with E-state index in [9.17, 15) is 9.90 Å². The number of carboxylic acid groups (broad SMARTS) is 1. The lowest BCUT2D eigenvalue weighted by molar-refractivity contribution is -0.160. The van der Waals surface area contributed by atoms with Gasteiger partial charge >= 0.3 is 5.97 Å². The maximum Gasteiger partial charge on any atom is 0.317 e. The van der Waals surface area contributed by atoms with Crippen LogP contribution in [0, 0.1) is 5.41 Å². The first-order valence-corrected chi connectivity index (χ1v) is 9.71. The Morgan fingerprint density at radius 2 is 1.61 bits per heavy atom. The summed E-state index contributed by atoms with van der Waals surface area (Å²) in [5, 5.41) is 10.6. The third-order valence-corrected chi connectivity index (χ3v) is 6.62. The summed E-state index contributed by atoms with van der Waals surface area (Å²) in [6.07, 6.45) is 5.01. The van der Waals surface area contributed by atoms with E-state index in [-0.39, 0.29) is 24.8 Å². The number of hydrogen-bond donors (Lipinski definition) is 1. The third-order valence-electron chi connectivity index (χ3n) is 6.62. The zero-order valence-electron chi connectivity index (χ0n) is 17.1. The molecule has 0 amide bonds. The number of ether oxygens (including phenoxy) is 2. The molecule has 1 N–H and O–H groups in total. The Morgan fingerprint density at radius 3 is 2.11 bits per heavy atom. The maximum atomic E-state index is 12.9. The largest absolute Gasteiger partial charge is 0.480 e. The van der Waals surface area contributed by atoms with Crippen LogP contribution in [0.1, 0.15) is 27.2 Å². The summed E-state index contributed by atoms with van der Waals surface area (Å²) in [6.45, 7) is 12.5. The number of halogens is 2. The van der Waals surface area contributed by atoms with Crippen LogP contribution in [0.25, 0.3) is 0 Å². The number of rotatable bonds is 5. The topological polar surface area (TPSA) is 62.2 Å². The van der Waals surface area contributed by atoms with Crippen molar-refractivity contribution in [1.29, 1.82) is 0 Å². The van der Waals surface area contributed by atoms with Gasteiger partial charge in [-0.15, -0.1) is 24.8 Å². The van der Waals surface area contributed by atoms with Crippen molar-refractivity contribution >= 4 is 30.8 Å². The molecule has 2 unspecified atom stereocenters. The van der Waals surface area contributed by atoms with E-state index in [1.54, 1.807) is 0 Å². The third kappa shape index (κ3) is 4.13. The van der Waals surface area contributed by atoms with Crippen LogP contribution in [0.2, 0.25) is 0 Å². The lowest BCUT2D eigenvalue weighted by Gasteiger charge is -2.57. The zero-order valence-corrected chi connectivity index (χ0v) is 18.7. The average molecular weight is 437 g/mol. The highest BCUT2D eigenvalue weighted by molar-refractivity contribution is 5.85. The Hall–Kier alpha value is -0.630. The molecule has 3 rings (SSSR count). The second-order valence-corrected chi connectivity index (χ2v) is 7.67. The second kappa shape index (κ2) is 10.4. The van der Waals surface area contributed by atoms with E-state index in [2.05, 4.69) is 29.7 Å². The van der Waals surface area contributed by atoms with Gasteiger partial charge in [0.2, 0.25) is 0 Å². The highest BCUT2D eigenvalue weighted by atomic mass is 35.5. The minimum Gasteiger partial charge on any atom is -0.480 e. The predicted octanol–water partition coefficient (Wildman–Crippen LogP) is 2.62. The molecule has 6 nitrogen and oxygen atoms in total. The van der Waals surface area contributed by atoms with E-state index in [1.165, 1.54) is 5.57 Å². The molecule has 2 fully saturated rings. The number of allylic oxidation sites excluding steroid dienone is 2. The van der Waals surface area contributed by atoms with Gasteiger partial charge in [0.15, 0.2) is 0 Å². The van der Waals surface area contributed by atoms with Crippen LogP contribution in [-0.4, -0.2) is 85.6 Å². The minimum absolute atomic E-state index is 0. The summed E-state index contributed by atoms with van der Waals surface area (Å²) in [5.41, 5.74) is 0.597. The van der Waals surface area contributed by atoms with Gasteiger partial charge < -0.3 is 14.6 Å². The molecule has 8 heteroatoms. The smallest absolute Gasteiger partial charge is 0.317 e. The number of nitrogens with zero attached hydrogens (tertiary/aromatic N) is 2. The van der Waals surface area contributed by atoms with Crippen LogP contribution >= 0.6 is 24.8 Å². The molecule has 0 saturated carbocycles. The van der Waals surface area contributed by atoms with Crippen LogP contribution in [0.5, 0.6) is 0 Å². The standard InChI is InChI=1S/C20H32N2O4.2ClH/c1-4-17-6-5-16(2)20(18(23)24,15-21-7-11-25-12-8-21)19(17,3)22-9-13-26-14-10-22;;/h5-6H,4,7-15H2,1-3H3,(H,23,24);2*1H. The zero-order chi connectivity index (χ0) is 18.8. The Balaban J connectivity index is 0.00000196. The first-order chi connectivity index (χ1) is 12.5. The van der Waals surface area contributed by atoms with Crippen molar-refractivity contribution in [3.8, 4) is 0 Å². The van der Waals surface area contributed by atoms with Crippen molar-refractivity contribution in [3.63, 3.8) is 0 Å². The van der Waals surface area contributed by atoms with Crippen LogP contribution in [0.3, 0.4) is 0 Å². The number of morpholine rings is 2. The molecule has 2 heterocycles. The van der Waals surface area contributed by atoms with Gasteiger partial charge in [0.05, 0.1) is 32.0 Å². The number of aliphatic carboxylic acids is 1. The molecule has 0 aromatic carbocycles. The number of carboxylic acids is 1. The second-order valence-electron chi connectivity index (χ2n) is 7.67. The molecule has 2 aliphatic heterocycles. The summed E-state index contributed by atoms with van der Waals surface area (Å²) >= 11 is 0. The summed E-state index contributed by atoms with van der Waals surface area (Å²) in [7, 11) is 0. The summed E-state index contributed by atoms with van der Waals surface area (Å²) in [6, 6.07) is 0. The minimum atomic E-state index is -0.970. The molecule has 0 spiro atoms. The van der Waals surface area contributed by atoms with E-state index in [0.29, 0.717) is 33.0 Å². The Bertz CT molecular complexity index is 601. The van der Waals surface area contributed by atoms with Crippen LogP contribution in [-0.2, 0) is 14.3 Å². The molecule has 0 bridgehead atoms. The molecule has 2 saturated heterocycles. The quantitative estimate of drug-likeness (QED) is 0.714. The fraction of sp³-hybridized carbons (Fsp3) is 0.750. The molecule has 2 atom stereocenters. The SMILES string of the molecule is CCC1=CC=C(C)C(CN2CCOCC2)(C(=O)O)C1(C)N1CCOCC1.Cl.Cl. The predicted molar refractivity (Wildman–Crippen MR) is 115 cm³/mol. The molecule has 28 heavy (non-hydrogen) atoms. The van der Waals surface area contributed by atoms with Crippen LogP contribution in [0.15, 0.2) is 23.3 Å². The molecular weight excluding hydrogens is 403 g/mol. The fourth-order valence-electron chi connectivity index (χ4n) is 4.95. The molecule has 0 aromatic heterocycles. The van der Waals surface area contributed by atoms with Crippen LogP contribution < -0.4 is 0 Å². The van der Waals surface area contributed by atoms with Gasteiger partial charge in [-0.1, -0.05) is 24.6 Å².